The number of ether oxygens (including phenoxy) is 2. The van der Waals surface area contributed by atoms with Crippen LogP contribution in [0.25, 0.3) is 5.57 Å². The highest BCUT2D eigenvalue weighted by Gasteiger charge is 2.34. The summed E-state index contributed by atoms with van der Waals surface area (Å²) < 4.78 is 52.2. The molecular weight excluding hydrogens is 433 g/mol. The SMILES string of the molecule is Cc1ccc(C2=C(COc3ccc(CCC(=O)O)c(C(F)(F)F)c3)CCOC2)c(C(C)C)c1. The van der Waals surface area contributed by atoms with Crippen LogP contribution < -0.4 is 4.74 Å². The minimum atomic E-state index is -4.59. The molecule has 4 nitrogen and oxygen atoms in total. The minimum Gasteiger partial charge on any atom is -0.489 e. The van der Waals surface area contributed by atoms with Crippen molar-refractivity contribution in [3.8, 4) is 5.75 Å². The summed E-state index contributed by atoms with van der Waals surface area (Å²) in [6.45, 7) is 7.43. The number of hydrogen-bond acceptors (Lipinski definition) is 3. The van der Waals surface area contributed by atoms with Gasteiger partial charge in [-0.3, -0.25) is 4.79 Å². The van der Waals surface area contributed by atoms with Gasteiger partial charge in [-0.25, -0.2) is 0 Å². The molecule has 2 aromatic carbocycles. The van der Waals surface area contributed by atoms with Crippen LogP contribution in [0.2, 0.25) is 0 Å². The van der Waals surface area contributed by atoms with Crippen molar-refractivity contribution in [1.82, 2.24) is 0 Å². The first-order valence-corrected chi connectivity index (χ1v) is 11.0. The van der Waals surface area contributed by atoms with E-state index in [1.807, 2.05) is 13.0 Å². The fraction of sp³-hybridized carbons (Fsp3) is 0.423. The van der Waals surface area contributed by atoms with Gasteiger partial charge in [0.1, 0.15) is 12.4 Å². The minimum absolute atomic E-state index is 0.0514. The van der Waals surface area contributed by atoms with Gasteiger partial charge in [-0.05, 0) is 65.7 Å². The van der Waals surface area contributed by atoms with Crippen molar-refractivity contribution < 1.29 is 32.5 Å². The fourth-order valence-electron chi connectivity index (χ4n) is 4.02. The molecule has 0 bridgehead atoms. The van der Waals surface area contributed by atoms with E-state index in [-0.39, 0.29) is 30.8 Å². The Morgan fingerprint density at radius 1 is 1.18 bits per heavy atom. The highest BCUT2D eigenvalue weighted by atomic mass is 19.4. The van der Waals surface area contributed by atoms with Crippen molar-refractivity contribution in [2.24, 2.45) is 0 Å². The molecule has 1 aliphatic rings. The molecule has 0 saturated carbocycles. The Labute approximate surface area is 192 Å². The van der Waals surface area contributed by atoms with Crippen LogP contribution in [0.15, 0.2) is 42.0 Å². The molecule has 1 aliphatic heterocycles. The standard InChI is InChI=1S/C26H29F3O4/c1-16(2)22-12-17(3)4-8-21(22)23-15-32-11-10-19(23)14-33-20-7-5-18(6-9-25(30)31)24(13-20)26(27,28)29/h4-5,7-8,12-13,16H,6,9-11,14-15H2,1-3H3,(H,30,31). The van der Waals surface area contributed by atoms with Crippen LogP contribution >= 0.6 is 0 Å². The van der Waals surface area contributed by atoms with Gasteiger partial charge in [-0.2, -0.15) is 13.2 Å². The maximum absolute atomic E-state index is 13.6. The molecule has 178 valence electrons. The second-order valence-corrected chi connectivity index (χ2v) is 8.63. The Kier molecular flexibility index (Phi) is 7.84. The summed E-state index contributed by atoms with van der Waals surface area (Å²) in [5, 5.41) is 8.82. The summed E-state index contributed by atoms with van der Waals surface area (Å²) in [6.07, 6.45) is -4.51. The van der Waals surface area contributed by atoms with Crippen LogP contribution in [0.5, 0.6) is 5.75 Å². The zero-order valence-electron chi connectivity index (χ0n) is 19.1. The van der Waals surface area contributed by atoms with Crippen molar-refractivity contribution in [3.05, 3.63) is 69.8 Å². The molecule has 1 heterocycles. The molecule has 2 aromatic rings. The van der Waals surface area contributed by atoms with Crippen LogP contribution in [0.3, 0.4) is 0 Å². The lowest BCUT2D eigenvalue weighted by molar-refractivity contribution is -0.140. The van der Waals surface area contributed by atoms with Gasteiger partial charge in [0.15, 0.2) is 0 Å². The Bertz CT molecular complexity index is 1040. The van der Waals surface area contributed by atoms with Gasteiger partial charge in [0.05, 0.1) is 18.8 Å². The lowest BCUT2D eigenvalue weighted by Crippen LogP contribution is -2.17. The van der Waals surface area contributed by atoms with Gasteiger partial charge in [-0.1, -0.05) is 43.7 Å². The van der Waals surface area contributed by atoms with E-state index in [0.29, 0.717) is 25.6 Å². The average Bonchev–Trinajstić information content (AvgIpc) is 2.76. The van der Waals surface area contributed by atoms with Gasteiger partial charge in [0, 0.05) is 6.42 Å². The van der Waals surface area contributed by atoms with Crippen LogP contribution in [0, 0.1) is 6.92 Å². The molecule has 0 aliphatic carbocycles. The maximum atomic E-state index is 13.6. The summed E-state index contributed by atoms with van der Waals surface area (Å²) in [4.78, 5) is 10.8. The summed E-state index contributed by atoms with van der Waals surface area (Å²) in [7, 11) is 0. The van der Waals surface area contributed by atoms with E-state index in [0.717, 1.165) is 22.8 Å². The smallest absolute Gasteiger partial charge is 0.416 e. The molecule has 0 amide bonds. The van der Waals surface area contributed by atoms with Gasteiger partial charge in [0.2, 0.25) is 0 Å². The molecule has 33 heavy (non-hydrogen) atoms. The first-order valence-electron chi connectivity index (χ1n) is 11.0. The number of carbonyl (C=O) groups is 1. The van der Waals surface area contributed by atoms with Crippen LogP contribution in [-0.2, 0) is 22.1 Å². The van der Waals surface area contributed by atoms with E-state index < -0.39 is 17.7 Å². The molecule has 0 radical (unpaired) electrons. The van der Waals surface area contributed by atoms with E-state index in [1.54, 1.807) is 0 Å². The number of rotatable bonds is 8. The fourth-order valence-corrected chi connectivity index (χ4v) is 4.02. The molecule has 3 rings (SSSR count). The van der Waals surface area contributed by atoms with E-state index in [9.17, 15) is 18.0 Å². The number of carboxylic acid groups (broad SMARTS) is 1. The number of aliphatic carboxylic acids is 1. The highest BCUT2D eigenvalue weighted by Crippen LogP contribution is 2.36. The first kappa shape index (κ1) is 24.8. The van der Waals surface area contributed by atoms with E-state index >= 15 is 0 Å². The summed E-state index contributed by atoms with van der Waals surface area (Å²) in [5.74, 6) is -0.726. The molecular formula is C26H29F3O4. The van der Waals surface area contributed by atoms with E-state index in [2.05, 4.69) is 26.0 Å². The van der Waals surface area contributed by atoms with Crippen molar-refractivity contribution in [2.45, 2.75) is 52.1 Å². The predicted octanol–water partition coefficient (Wildman–Crippen LogP) is 6.41. The third-order valence-corrected chi connectivity index (χ3v) is 5.78. The van der Waals surface area contributed by atoms with Gasteiger partial charge >= 0.3 is 12.1 Å². The van der Waals surface area contributed by atoms with Gasteiger partial charge < -0.3 is 14.6 Å². The van der Waals surface area contributed by atoms with Crippen molar-refractivity contribution in [2.75, 3.05) is 19.8 Å². The van der Waals surface area contributed by atoms with Crippen molar-refractivity contribution >= 4 is 11.5 Å². The van der Waals surface area contributed by atoms with Crippen LogP contribution in [0.1, 0.15) is 60.4 Å². The number of hydrogen-bond donors (Lipinski definition) is 1. The summed E-state index contributed by atoms with van der Waals surface area (Å²) in [5.41, 5.74) is 4.59. The zero-order valence-corrected chi connectivity index (χ0v) is 19.1. The Hall–Kier alpha value is -2.80. The summed E-state index contributed by atoms with van der Waals surface area (Å²) in [6, 6.07) is 10.0. The zero-order chi connectivity index (χ0) is 24.2. The molecule has 0 atom stereocenters. The Morgan fingerprint density at radius 2 is 1.94 bits per heavy atom. The number of alkyl halides is 3. The van der Waals surface area contributed by atoms with E-state index in [1.165, 1.54) is 23.3 Å². The second kappa shape index (κ2) is 10.4. The van der Waals surface area contributed by atoms with E-state index in [4.69, 9.17) is 14.6 Å². The largest absolute Gasteiger partial charge is 0.489 e. The topological polar surface area (TPSA) is 55.8 Å². The molecule has 0 fully saturated rings. The lowest BCUT2D eigenvalue weighted by Gasteiger charge is -2.25. The molecule has 0 unspecified atom stereocenters. The highest BCUT2D eigenvalue weighted by molar-refractivity contribution is 5.73. The third kappa shape index (κ3) is 6.38. The lowest BCUT2D eigenvalue weighted by atomic mass is 9.88. The third-order valence-electron chi connectivity index (χ3n) is 5.78. The Balaban J connectivity index is 1.88. The Morgan fingerprint density at radius 3 is 2.61 bits per heavy atom. The predicted molar refractivity (Wildman–Crippen MR) is 121 cm³/mol. The number of halogens is 3. The molecule has 7 heteroatoms. The quantitative estimate of drug-likeness (QED) is 0.493. The molecule has 0 aromatic heterocycles. The molecule has 0 spiro atoms. The van der Waals surface area contributed by atoms with Gasteiger partial charge in [-0.15, -0.1) is 0 Å². The average molecular weight is 463 g/mol. The monoisotopic (exact) mass is 462 g/mol. The van der Waals surface area contributed by atoms with Gasteiger partial charge in [0.25, 0.3) is 0 Å². The van der Waals surface area contributed by atoms with Crippen molar-refractivity contribution in [3.63, 3.8) is 0 Å². The van der Waals surface area contributed by atoms with Crippen LogP contribution in [0.4, 0.5) is 13.2 Å². The number of aryl methyl sites for hydroxylation is 2. The maximum Gasteiger partial charge on any atom is 0.416 e. The van der Waals surface area contributed by atoms with Crippen molar-refractivity contribution in [1.29, 1.82) is 0 Å². The second-order valence-electron chi connectivity index (χ2n) is 8.63. The summed E-state index contributed by atoms with van der Waals surface area (Å²) >= 11 is 0. The normalized spacial score (nSPS) is 14.6. The molecule has 1 N–H and O–H groups in total. The van der Waals surface area contributed by atoms with Crippen LogP contribution in [-0.4, -0.2) is 30.9 Å². The number of carboxylic acids is 1. The number of benzene rings is 2. The first-order chi connectivity index (χ1) is 15.6. The molecule has 0 saturated heterocycles.